The lowest BCUT2D eigenvalue weighted by atomic mass is 10.1. The van der Waals surface area contributed by atoms with Crippen LogP contribution in [0.4, 0.5) is 5.69 Å². The van der Waals surface area contributed by atoms with Gasteiger partial charge in [0.1, 0.15) is 0 Å². The van der Waals surface area contributed by atoms with Gasteiger partial charge in [0.25, 0.3) is 0 Å². The number of carbonyl (C=O) groups is 2. The van der Waals surface area contributed by atoms with Crippen molar-refractivity contribution in [2.24, 2.45) is 0 Å². The van der Waals surface area contributed by atoms with Gasteiger partial charge in [-0.3, -0.25) is 9.59 Å². The zero-order valence-electron chi connectivity index (χ0n) is 14.9. The molecule has 0 saturated carbocycles. The topological polar surface area (TPSA) is 58.2 Å². The summed E-state index contributed by atoms with van der Waals surface area (Å²) in [6.45, 7) is 4.36. The molecule has 0 aliphatic rings. The third kappa shape index (κ3) is 7.10. The number of anilines is 1. The summed E-state index contributed by atoms with van der Waals surface area (Å²) in [4.78, 5) is 24.1. The molecule has 0 aliphatic heterocycles. The fourth-order valence-electron chi connectivity index (χ4n) is 2.24. The SMILES string of the molecule is Cc1ccc(NC(=O)CSC(C)C(=O)NCCc2ccc(Cl)cc2)cc1. The molecule has 2 rings (SSSR count). The number of amides is 2. The first-order valence-electron chi connectivity index (χ1n) is 8.44. The minimum Gasteiger partial charge on any atom is -0.355 e. The lowest BCUT2D eigenvalue weighted by Gasteiger charge is -2.12. The molecule has 1 atom stereocenters. The highest BCUT2D eigenvalue weighted by molar-refractivity contribution is 8.01. The second kappa shape index (κ2) is 10.2. The number of benzene rings is 2. The maximum Gasteiger partial charge on any atom is 0.234 e. The van der Waals surface area contributed by atoms with Crippen LogP contribution in [-0.2, 0) is 16.0 Å². The van der Waals surface area contributed by atoms with Crippen LogP contribution in [-0.4, -0.2) is 29.4 Å². The Balaban J connectivity index is 1.66. The molecule has 0 spiro atoms. The van der Waals surface area contributed by atoms with Crippen LogP contribution in [0.3, 0.4) is 0 Å². The maximum atomic E-state index is 12.1. The number of halogens is 1. The van der Waals surface area contributed by atoms with Gasteiger partial charge in [-0.25, -0.2) is 0 Å². The zero-order chi connectivity index (χ0) is 18.9. The molecule has 0 saturated heterocycles. The van der Waals surface area contributed by atoms with Gasteiger partial charge in [-0.2, -0.15) is 0 Å². The van der Waals surface area contributed by atoms with E-state index in [0.29, 0.717) is 11.6 Å². The van der Waals surface area contributed by atoms with Crippen LogP contribution >= 0.6 is 23.4 Å². The van der Waals surface area contributed by atoms with Crippen LogP contribution in [0.2, 0.25) is 5.02 Å². The van der Waals surface area contributed by atoms with E-state index in [1.165, 1.54) is 11.8 Å². The Morgan fingerprint density at radius 3 is 2.38 bits per heavy atom. The molecule has 0 radical (unpaired) electrons. The summed E-state index contributed by atoms with van der Waals surface area (Å²) in [5, 5.41) is 6.14. The zero-order valence-corrected chi connectivity index (χ0v) is 16.5. The predicted octanol–water partition coefficient (Wildman–Crippen LogP) is 4.07. The molecular formula is C20H23ClN2O2S. The van der Waals surface area contributed by atoms with E-state index in [9.17, 15) is 9.59 Å². The second-order valence-corrected chi connectivity index (χ2v) is 7.80. The molecule has 0 bridgehead atoms. The minimum atomic E-state index is -0.288. The van der Waals surface area contributed by atoms with E-state index >= 15 is 0 Å². The Kier molecular flexibility index (Phi) is 8.01. The van der Waals surface area contributed by atoms with Gasteiger partial charge < -0.3 is 10.6 Å². The van der Waals surface area contributed by atoms with E-state index in [0.717, 1.165) is 23.2 Å². The highest BCUT2D eigenvalue weighted by Gasteiger charge is 2.14. The summed E-state index contributed by atoms with van der Waals surface area (Å²) < 4.78 is 0. The standard InChI is InChI=1S/C20H23ClN2O2S/c1-14-3-9-18(10-4-14)23-19(24)13-26-15(2)20(25)22-12-11-16-5-7-17(21)8-6-16/h3-10,15H,11-13H2,1-2H3,(H,22,25)(H,23,24). The molecule has 1 unspecified atom stereocenters. The number of aryl methyl sites for hydroxylation is 1. The number of rotatable bonds is 8. The summed E-state index contributed by atoms with van der Waals surface area (Å²) in [5.41, 5.74) is 3.02. The van der Waals surface area contributed by atoms with Gasteiger partial charge in [0.15, 0.2) is 0 Å². The molecule has 0 aromatic heterocycles. The average Bonchev–Trinajstić information content (AvgIpc) is 2.63. The van der Waals surface area contributed by atoms with Crippen LogP contribution in [0.25, 0.3) is 0 Å². The van der Waals surface area contributed by atoms with Gasteiger partial charge in [0, 0.05) is 17.3 Å². The molecule has 138 valence electrons. The molecule has 4 nitrogen and oxygen atoms in total. The van der Waals surface area contributed by atoms with Crippen LogP contribution < -0.4 is 10.6 Å². The van der Waals surface area contributed by atoms with Crippen molar-refractivity contribution >= 4 is 40.9 Å². The molecule has 2 aromatic carbocycles. The molecule has 0 heterocycles. The van der Waals surface area contributed by atoms with Gasteiger partial charge >= 0.3 is 0 Å². The fourth-order valence-corrected chi connectivity index (χ4v) is 3.07. The lowest BCUT2D eigenvalue weighted by Crippen LogP contribution is -2.33. The summed E-state index contributed by atoms with van der Waals surface area (Å²) >= 11 is 7.17. The molecule has 0 fully saturated rings. The van der Waals surface area contributed by atoms with E-state index in [2.05, 4.69) is 10.6 Å². The first-order chi connectivity index (χ1) is 12.4. The van der Waals surface area contributed by atoms with Crippen molar-refractivity contribution in [1.82, 2.24) is 5.32 Å². The normalized spacial score (nSPS) is 11.7. The van der Waals surface area contributed by atoms with E-state index in [4.69, 9.17) is 11.6 Å². The Morgan fingerprint density at radius 1 is 1.08 bits per heavy atom. The second-order valence-electron chi connectivity index (χ2n) is 6.03. The van der Waals surface area contributed by atoms with E-state index < -0.39 is 0 Å². The van der Waals surface area contributed by atoms with Gasteiger partial charge in [-0.1, -0.05) is 41.4 Å². The van der Waals surface area contributed by atoms with Crippen LogP contribution in [0.5, 0.6) is 0 Å². The number of nitrogens with one attached hydrogen (secondary N) is 2. The highest BCUT2D eigenvalue weighted by Crippen LogP contribution is 2.13. The van der Waals surface area contributed by atoms with Gasteiger partial charge in [-0.05, 0) is 50.1 Å². The first-order valence-corrected chi connectivity index (χ1v) is 9.87. The fraction of sp³-hybridized carbons (Fsp3) is 0.300. The summed E-state index contributed by atoms with van der Waals surface area (Å²) in [6, 6.07) is 15.2. The van der Waals surface area contributed by atoms with Gasteiger partial charge in [0.2, 0.25) is 11.8 Å². The minimum absolute atomic E-state index is 0.0629. The van der Waals surface area contributed by atoms with Crippen molar-refractivity contribution < 1.29 is 9.59 Å². The van der Waals surface area contributed by atoms with E-state index in [1.807, 2.05) is 55.5 Å². The van der Waals surface area contributed by atoms with Crippen LogP contribution in [0, 0.1) is 6.92 Å². The summed E-state index contributed by atoms with van der Waals surface area (Å²) in [7, 11) is 0. The number of hydrogen-bond acceptors (Lipinski definition) is 3. The monoisotopic (exact) mass is 390 g/mol. The number of hydrogen-bond donors (Lipinski definition) is 2. The van der Waals surface area contributed by atoms with Crippen molar-refractivity contribution in [3.05, 3.63) is 64.7 Å². The highest BCUT2D eigenvalue weighted by atomic mass is 35.5. The number of carbonyl (C=O) groups excluding carboxylic acids is 2. The first kappa shape index (κ1) is 20.3. The Bertz CT molecular complexity index is 732. The summed E-state index contributed by atoms with van der Waals surface area (Å²) in [5.74, 6) is 0.0615. The largest absolute Gasteiger partial charge is 0.355 e. The Morgan fingerprint density at radius 2 is 1.73 bits per heavy atom. The van der Waals surface area contributed by atoms with Crippen molar-refractivity contribution in [3.8, 4) is 0 Å². The molecule has 26 heavy (non-hydrogen) atoms. The molecule has 6 heteroatoms. The van der Waals surface area contributed by atoms with E-state index in [-0.39, 0.29) is 22.8 Å². The van der Waals surface area contributed by atoms with Crippen molar-refractivity contribution in [3.63, 3.8) is 0 Å². The molecular weight excluding hydrogens is 368 g/mol. The maximum absolute atomic E-state index is 12.1. The average molecular weight is 391 g/mol. The third-order valence-electron chi connectivity index (χ3n) is 3.80. The molecule has 2 N–H and O–H groups in total. The predicted molar refractivity (Wildman–Crippen MR) is 110 cm³/mol. The molecule has 0 aliphatic carbocycles. The Labute approximate surface area is 163 Å². The summed E-state index contributed by atoms with van der Waals surface area (Å²) in [6.07, 6.45) is 0.744. The van der Waals surface area contributed by atoms with Crippen molar-refractivity contribution in [2.75, 3.05) is 17.6 Å². The van der Waals surface area contributed by atoms with Crippen molar-refractivity contribution in [1.29, 1.82) is 0 Å². The molecule has 2 amide bonds. The lowest BCUT2D eigenvalue weighted by molar-refractivity contribution is -0.120. The number of thioether (sulfide) groups is 1. The van der Waals surface area contributed by atoms with Crippen LogP contribution in [0.15, 0.2) is 48.5 Å². The quantitative estimate of drug-likeness (QED) is 0.714. The van der Waals surface area contributed by atoms with Crippen LogP contribution in [0.1, 0.15) is 18.1 Å². The van der Waals surface area contributed by atoms with E-state index in [1.54, 1.807) is 6.92 Å². The van der Waals surface area contributed by atoms with Gasteiger partial charge in [0.05, 0.1) is 11.0 Å². The van der Waals surface area contributed by atoms with Crippen molar-refractivity contribution in [2.45, 2.75) is 25.5 Å². The van der Waals surface area contributed by atoms with Gasteiger partial charge in [-0.15, -0.1) is 11.8 Å². The third-order valence-corrected chi connectivity index (χ3v) is 5.19. The Hall–Kier alpha value is -1.98. The molecule has 2 aromatic rings. The smallest absolute Gasteiger partial charge is 0.234 e.